The molecule has 1 saturated heterocycles. The van der Waals surface area contributed by atoms with E-state index < -0.39 is 0 Å². The molecule has 2 aliphatic rings. The second-order valence-corrected chi connectivity index (χ2v) is 9.29. The lowest BCUT2D eigenvalue weighted by atomic mass is 9.95. The number of anilines is 1. The summed E-state index contributed by atoms with van der Waals surface area (Å²) in [4.78, 5) is 31.1. The van der Waals surface area contributed by atoms with Gasteiger partial charge in [-0.15, -0.1) is 0 Å². The Morgan fingerprint density at radius 3 is 2.31 bits per heavy atom. The molecular weight excluding hydrogens is 400 g/mol. The summed E-state index contributed by atoms with van der Waals surface area (Å²) in [6.45, 7) is 11.7. The van der Waals surface area contributed by atoms with Crippen molar-refractivity contribution in [2.45, 2.75) is 53.6 Å². The van der Waals surface area contributed by atoms with Crippen molar-refractivity contribution in [1.82, 2.24) is 4.90 Å². The monoisotopic (exact) mass is 432 g/mol. The Balaban J connectivity index is 1.84. The van der Waals surface area contributed by atoms with Crippen LogP contribution in [0.25, 0.3) is 5.57 Å². The molecular formula is C27H32N2O3. The second-order valence-electron chi connectivity index (χ2n) is 9.29. The van der Waals surface area contributed by atoms with Crippen LogP contribution in [-0.4, -0.2) is 35.9 Å². The van der Waals surface area contributed by atoms with Crippen molar-refractivity contribution >= 4 is 23.1 Å². The van der Waals surface area contributed by atoms with E-state index in [2.05, 4.69) is 17.9 Å². The van der Waals surface area contributed by atoms with E-state index in [1.54, 1.807) is 6.07 Å². The normalized spacial score (nSPS) is 17.7. The standard InChI is InChI=1S/C27H32N2O3/c1-17(2)32-23-9-7-6-8-22(23)29-26(30)24(21-11-10-19(4)16-20(21)5)25(27(29)31)28-14-12-18(3)13-15-28/h6-11,16-18H,12-15H2,1-5H3. The second kappa shape index (κ2) is 8.81. The molecule has 1 fully saturated rings. The first kappa shape index (κ1) is 22.1. The van der Waals surface area contributed by atoms with Gasteiger partial charge in [0.15, 0.2) is 0 Å². The minimum absolute atomic E-state index is 0.0706. The van der Waals surface area contributed by atoms with E-state index in [4.69, 9.17) is 4.74 Å². The number of hydrogen-bond acceptors (Lipinski definition) is 4. The zero-order valence-corrected chi connectivity index (χ0v) is 19.6. The van der Waals surface area contributed by atoms with Crippen LogP contribution in [0.5, 0.6) is 5.75 Å². The number of carbonyl (C=O) groups excluding carboxylic acids is 2. The first-order valence-corrected chi connectivity index (χ1v) is 11.5. The zero-order chi connectivity index (χ0) is 23.0. The molecule has 4 rings (SSSR count). The number of hydrogen-bond donors (Lipinski definition) is 0. The van der Waals surface area contributed by atoms with Gasteiger partial charge in [0, 0.05) is 13.1 Å². The first-order valence-electron chi connectivity index (χ1n) is 11.5. The van der Waals surface area contributed by atoms with Crippen LogP contribution >= 0.6 is 0 Å². The molecule has 2 aromatic carbocycles. The quantitative estimate of drug-likeness (QED) is 0.617. The topological polar surface area (TPSA) is 49.9 Å². The van der Waals surface area contributed by atoms with E-state index in [-0.39, 0.29) is 17.9 Å². The molecule has 168 valence electrons. The number of ether oxygens (including phenoxy) is 1. The van der Waals surface area contributed by atoms with Gasteiger partial charge in [0.2, 0.25) is 0 Å². The van der Waals surface area contributed by atoms with E-state index in [1.807, 2.05) is 58.0 Å². The highest BCUT2D eigenvalue weighted by atomic mass is 16.5. The molecule has 5 nitrogen and oxygen atoms in total. The SMILES string of the molecule is Cc1ccc(C2=C(N3CCC(C)CC3)C(=O)N(c3ccccc3OC(C)C)C2=O)c(C)c1. The summed E-state index contributed by atoms with van der Waals surface area (Å²) >= 11 is 0. The molecule has 0 spiro atoms. The highest BCUT2D eigenvalue weighted by Gasteiger charge is 2.44. The van der Waals surface area contributed by atoms with Crippen LogP contribution < -0.4 is 9.64 Å². The first-order chi connectivity index (χ1) is 15.3. The molecule has 5 heteroatoms. The Morgan fingerprint density at radius 1 is 0.969 bits per heavy atom. The highest BCUT2D eigenvalue weighted by molar-refractivity contribution is 6.45. The zero-order valence-electron chi connectivity index (χ0n) is 19.6. The number of imide groups is 1. The average molecular weight is 433 g/mol. The number of rotatable bonds is 5. The van der Waals surface area contributed by atoms with Crippen molar-refractivity contribution in [3.63, 3.8) is 0 Å². The molecule has 2 aromatic rings. The van der Waals surface area contributed by atoms with Gasteiger partial charge in [0.25, 0.3) is 11.8 Å². The minimum Gasteiger partial charge on any atom is -0.489 e. The van der Waals surface area contributed by atoms with Crippen molar-refractivity contribution in [2.24, 2.45) is 5.92 Å². The van der Waals surface area contributed by atoms with Gasteiger partial charge in [0.1, 0.15) is 11.4 Å². The summed E-state index contributed by atoms with van der Waals surface area (Å²) in [5, 5.41) is 0. The number of carbonyl (C=O) groups is 2. The predicted molar refractivity (Wildman–Crippen MR) is 128 cm³/mol. The third-order valence-electron chi connectivity index (χ3n) is 6.28. The largest absolute Gasteiger partial charge is 0.489 e. The smallest absolute Gasteiger partial charge is 0.282 e. The maximum atomic E-state index is 13.9. The summed E-state index contributed by atoms with van der Waals surface area (Å²) < 4.78 is 5.95. The summed E-state index contributed by atoms with van der Waals surface area (Å²) in [5.41, 5.74) is 4.47. The van der Waals surface area contributed by atoms with Crippen molar-refractivity contribution in [1.29, 1.82) is 0 Å². The molecule has 0 N–H and O–H groups in total. The number of amides is 2. The summed E-state index contributed by atoms with van der Waals surface area (Å²) in [7, 11) is 0. The van der Waals surface area contributed by atoms with E-state index in [0.717, 1.165) is 42.6 Å². The maximum Gasteiger partial charge on any atom is 0.282 e. The van der Waals surface area contributed by atoms with Gasteiger partial charge >= 0.3 is 0 Å². The van der Waals surface area contributed by atoms with Crippen molar-refractivity contribution < 1.29 is 14.3 Å². The number of aryl methyl sites for hydroxylation is 2. The Morgan fingerprint density at radius 2 is 1.66 bits per heavy atom. The highest BCUT2D eigenvalue weighted by Crippen LogP contribution is 2.40. The fourth-order valence-corrected chi connectivity index (χ4v) is 4.59. The maximum absolute atomic E-state index is 13.9. The molecule has 0 radical (unpaired) electrons. The lowest BCUT2D eigenvalue weighted by Gasteiger charge is -2.33. The number of likely N-dealkylation sites (tertiary alicyclic amines) is 1. The van der Waals surface area contributed by atoms with Crippen LogP contribution in [0, 0.1) is 19.8 Å². The summed E-state index contributed by atoms with van der Waals surface area (Å²) in [5.74, 6) is 0.618. The predicted octanol–water partition coefficient (Wildman–Crippen LogP) is 5.11. The van der Waals surface area contributed by atoms with Crippen molar-refractivity contribution in [3.8, 4) is 5.75 Å². The Hall–Kier alpha value is -3.08. The number of nitrogens with zero attached hydrogens (tertiary/aromatic N) is 2. The molecule has 0 bridgehead atoms. The molecule has 0 saturated carbocycles. The Bertz CT molecular complexity index is 1080. The van der Waals surface area contributed by atoms with Gasteiger partial charge in [-0.25, -0.2) is 4.90 Å². The molecule has 2 aliphatic heterocycles. The van der Waals surface area contributed by atoms with Crippen LogP contribution in [0.15, 0.2) is 48.2 Å². The van der Waals surface area contributed by atoms with Crippen molar-refractivity contribution in [3.05, 3.63) is 64.9 Å². The van der Waals surface area contributed by atoms with E-state index >= 15 is 0 Å². The fourth-order valence-electron chi connectivity index (χ4n) is 4.59. The van der Waals surface area contributed by atoms with Crippen LogP contribution in [0.1, 0.15) is 50.3 Å². The van der Waals surface area contributed by atoms with Gasteiger partial charge in [-0.3, -0.25) is 9.59 Å². The molecule has 0 aromatic heterocycles. The van der Waals surface area contributed by atoms with Gasteiger partial charge < -0.3 is 9.64 Å². The minimum atomic E-state index is -0.282. The molecule has 0 aliphatic carbocycles. The lowest BCUT2D eigenvalue weighted by molar-refractivity contribution is -0.120. The number of benzene rings is 2. The van der Waals surface area contributed by atoms with Crippen LogP contribution in [0.4, 0.5) is 5.69 Å². The summed E-state index contributed by atoms with van der Waals surface area (Å²) in [6, 6.07) is 13.3. The number of para-hydroxylation sites is 2. The molecule has 2 amide bonds. The van der Waals surface area contributed by atoms with Crippen LogP contribution in [-0.2, 0) is 9.59 Å². The van der Waals surface area contributed by atoms with Crippen LogP contribution in [0.3, 0.4) is 0 Å². The Labute approximate surface area is 190 Å². The van der Waals surface area contributed by atoms with E-state index in [0.29, 0.717) is 28.6 Å². The lowest BCUT2D eigenvalue weighted by Crippen LogP contribution is -2.38. The molecule has 32 heavy (non-hydrogen) atoms. The van der Waals surface area contributed by atoms with Crippen LogP contribution in [0.2, 0.25) is 0 Å². The number of piperidine rings is 1. The Kier molecular flexibility index (Phi) is 6.09. The molecule has 0 unspecified atom stereocenters. The summed E-state index contributed by atoms with van der Waals surface area (Å²) in [6.07, 6.45) is 1.95. The van der Waals surface area contributed by atoms with Gasteiger partial charge in [-0.1, -0.05) is 42.8 Å². The molecule has 2 heterocycles. The van der Waals surface area contributed by atoms with Gasteiger partial charge in [0.05, 0.1) is 17.4 Å². The van der Waals surface area contributed by atoms with Gasteiger partial charge in [-0.05, 0) is 69.7 Å². The third-order valence-corrected chi connectivity index (χ3v) is 6.28. The van der Waals surface area contributed by atoms with E-state index in [9.17, 15) is 9.59 Å². The third kappa shape index (κ3) is 4.04. The van der Waals surface area contributed by atoms with E-state index in [1.165, 1.54) is 4.90 Å². The van der Waals surface area contributed by atoms with Crippen molar-refractivity contribution in [2.75, 3.05) is 18.0 Å². The average Bonchev–Trinajstić information content (AvgIpc) is 2.99. The molecule has 0 atom stereocenters. The van der Waals surface area contributed by atoms with Gasteiger partial charge in [-0.2, -0.15) is 0 Å². The fraction of sp³-hybridized carbons (Fsp3) is 0.407.